The standard InChI is InChI=1S/C51H62N10O6/c1-54-48(64)44(46(50(54)66)60-28-24-56(25-29-60)32-40(62)58-20-10-11-21-58)42-34-14-6-8-16-36(34)52-38(42)18-4-3-5-19-39-43(35-15-7-9-17-37(35)53-39)45-47(51(67)55(2)49(45)65)61-30-26-57(27-31-61)33-41(63)59-22-12-13-23-59/h6-9,14-17,52-53H,3-5,10-13,18-33H2,1-2H3. The number of aromatic nitrogens is 2. The number of piperazine rings is 2. The molecule has 8 heterocycles. The smallest absolute Gasteiger partial charge is 0.277 e. The molecule has 0 unspecified atom stereocenters. The van der Waals surface area contributed by atoms with Gasteiger partial charge in [-0.1, -0.05) is 42.8 Å². The number of benzene rings is 2. The van der Waals surface area contributed by atoms with Crippen molar-refractivity contribution in [3.63, 3.8) is 0 Å². The minimum Gasteiger partial charge on any atom is -0.364 e. The van der Waals surface area contributed by atoms with Crippen LogP contribution in [0.5, 0.6) is 0 Å². The minimum atomic E-state index is -0.308. The first-order chi connectivity index (χ1) is 32.6. The molecule has 0 saturated carbocycles. The average Bonchev–Trinajstić information content (AvgIpc) is 4.22. The van der Waals surface area contributed by atoms with Crippen molar-refractivity contribution in [3.8, 4) is 0 Å². The van der Waals surface area contributed by atoms with Gasteiger partial charge in [0.15, 0.2) is 0 Å². The first-order valence-electron chi connectivity index (χ1n) is 24.4. The van der Waals surface area contributed by atoms with Crippen LogP contribution in [0.25, 0.3) is 33.0 Å². The van der Waals surface area contributed by atoms with Crippen LogP contribution in [0, 0.1) is 0 Å². The molecule has 6 aliphatic heterocycles. The van der Waals surface area contributed by atoms with Crippen molar-refractivity contribution >= 4 is 68.4 Å². The third kappa shape index (κ3) is 8.43. The quantitative estimate of drug-likeness (QED) is 0.142. The Morgan fingerprint density at radius 1 is 0.478 bits per heavy atom. The largest absolute Gasteiger partial charge is 0.364 e. The van der Waals surface area contributed by atoms with Crippen LogP contribution in [-0.2, 0) is 41.6 Å². The number of fused-ring (bicyclic) bond motifs is 2. The van der Waals surface area contributed by atoms with Crippen LogP contribution in [0.2, 0.25) is 0 Å². The number of hydrogen-bond donors (Lipinski definition) is 2. The molecule has 0 aliphatic carbocycles. The molecule has 10 rings (SSSR count). The number of carbonyl (C=O) groups is 6. The number of para-hydroxylation sites is 2. The van der Waals surface area contributed by atoms with E-state index in [0.29, 0.717) is 101 Å². The Bertz CT molecular complexity index is 2500. The van der Waals surface area contributed by atoms with Gasteiger partial charge in [-0.05, 0) is 63.5 Å². The van der Waals surface area contributed by atoms with Crippen molar-refractivity contribution in [1.82, 2.24) is 49.2 Å². The lowest BCUT2D eigenvalue weighted by Crippen LogP contribution is -2.50. The highest BCUT2D eigenvalue weighted by Crippen LogP contribution is 2.40. The van der Waals surface area contributed by atoms with Gasteiger partial charge in [-0.15, -0.1) is 0 Å². The molecule has 0 atom stereocenters. The summed E-state index contributed by atoms with van der Waals surface area (Å²) in [6.45, 7) is 8.69. The molecule has 4 fully saturated rings. The van der Waals surface area contributed by atoms with Crippen LogP contribution in [0.1, 0.15) is 67.5 Å². The van der Waals surface area contributed by atoms with E-state index in [9.17, 15) is 28.8 Å². The van der Waals surface area contributed by atoms with E-state index in [2.05, 4.69) is 19.8 Å². The molecule has 0 spiro atoms. The van der Waals surface area contributed by atoms with Gasteiger partial charge in [0.05, 0.1) is 24.2 Å². The number of aromatic amines is 2. The van der Waals surface area contributed by atoms with Gasteiger partial charge in [-0.3, -0.25) is 48.4 Å². The number of aryl methyl sites for hydroxylation is 2. The number of carbonyl (C=O) groups excluding carboxylic acids is 6. The normalized spacial score (nSPS) is 20.3. The second kappa shape index (κ2) is 18.8. The minimum absolute atomic E-state index is 0.159. The summed E-state index contributed by atoms with van der Waals surface area (Å²) in [5, 5.41) is 1.81. The fraction of sp³-hybridized carbons (Fsp3) is 0.490. The molecule has 4 saturated heterocycles. The topological polar surface area (TPSA) is 160 Å². The fourth-order valence-corrected chi connectivity index (χ4v) is 11.2. The zero-order valence-corrected chi connectivity index (χ0v) is 38.9. The Balaban J connectivity index is 0.855. The van der Waals surface area contributed by atoms with Gasteiger partial charge >= 0.3 is 0 Å². The predicted molar refractivity (Wildman–Crippen MR) is 255 cm³/mol. The summed E-state index contributed by atoms with van der Waals surface area (Å²) in [5.41, 5.74) is 6.95. The summed E-state index contributed by atoms with van der Waals surface area (Å²) in [5.74, 6) is -0.898. The number of imide groups is 2. The molecular formula is C51H62N10O6. The summed E-state index contributed by atoms with van der Waals surface area (Å²) in [6.07, 6.45) is 7.97. The summed E-state index contributed by atoms with van der Waals surface area (Å²) >= 11 is 0. The van der Waals surface area contributed by atoms with Crippen molar-refractivity contribution in [1.29, 1.82) is 0 Å². The number of nitrogens with zero attached hydrogens (tertiary/aromatic N) is 8. The van der Waals surface area contributed by atoms with E-state index < -0.39 is 0 Å². The molecule has 6 amide bonds. The second-order valence-corrected chi connectivity index (χ2v) is 19.1. The third-order valence-electron chi connectivity index (χ3n) is 15.0. The van der Waals surface area contributed by atoms with E-state index in [-0.39, 0.29) is 35.4 Å². The molecule has 2 aromatic carbocycles. The Morgan fingerprint density at radius 3 is 1.24 bits per heavy atom. The van der Waals surface area contributed by atoms with E-state index in [0.717, 1.165) is 115 Å². The average molecular weight is 911 g/mol. The van der Waals surface area contributed by atoms with Crippen LogP contribution in [-0.4, -0.2) is 190 Å². The van der Waals surface area contributed by atoms with Crippen molar-refractivity contribution < 1.29 is 28.8 Å². The van der Waals surface area contributed by atoms with Crippen molar-refractivity contribution in [2.45, 2.75) is 57.8 Å². The summed E-state index contributed by atoms with van der Waals surface area (Å²) < 4.78 is 0. The number of amides is 6. The van der Waals surface area contributed by atoms with Gasteiger partial charge in [-0.25, -0.2) is 0 Å². The van der Waals surface area contributed by atoms with E-state index >= 15 is 0 Å². The summed E-state index contributed by atoms with van der Waals surface area (Å²) in [6, 6.07) is 15.9. The zero-order valence-electron chi connectivity index (χ0n) is 38.9. The van der Waals surface area contributed by atoms with Crippen LogP contribution in [0.15, 0.2) is 59.9 Å². The van der Waals surface area contributed by atoms with Gasteiger partial charge in [0.2, 0.25) is 11.8 Å². The number of unbranched alkanes of at least 4 members (excludes halogenated alkanes) is 2. The van der Waals surface area contributed by atoms with E-state index in [1.54, 1.807) is 14.1 Å². The zero-order chi connectivity index (χ0) is 46.3. The Kier molecular flexibility index (Phi) is 12.5. The van der Waals surface area contributed by atoms with Crippen LogP contribution < -0.4 is 0 Å². The summed E-state index contributed by atoms with van der Waals surface area (Å²) in [7, 11) is 3.11. The SMILES string of the molecule is CN1C(=O)C(c2c(CCCCCc3[nH]c4ccccc4c3C3=C(N4CCN(CC(=O)N5CCCC5)CC4)C(=O)N(C)C3=O)[nH]c3ccccc23)=C(N2CCN(CC(=O)N3CCCC3)CC2)C1=O. The summed E-state index contributed by atoms with van der Waals surface area (Å²) in [4.78, 5) is 104. The monoisotopic (exact) mass is 910 g/mol. The van der Waals surface area contributed by atoms with Gasteiger partial charge < -0.3 is 29.6 Å². The second-order valence-electron chi connectivity index (χ2n) is 19.1. The highest BCUT2D eigenvalue weighted by atomic mass is 16.2. The number of H-pyrrole nitrogens is 2. The third-order valence-corrected chi connectivity index (χ3v) is 15.0. The van der Waals surface area contributed by atoms with E-state index in [4.69, 9.17) is 0 Å². The molecular weight excluding hydrogens is 849 g/mol. The number of likely N-dealkylation sites (tertiary alicyclic amines) is 2. The first-order valence-corrected chi connectivity index (χ1v) is 24.4. The molecule has 6 aliphatic rings. The number of rotatable bonds is 14. The maximum absolute atomic E-state index is 14.1. The lowest BCUT2D eigenvalue weighted by atomic mass is 9.96. The molecule has 16 heteroatoms. The first kappa shape index (κ1) is 44.6. The lowest BCUT2D eigenvalue weighted by Gasteiger charge is -2.36. The Morgan fingerprint density at radius 2 is 0.851 bits per heavy atom. The van der Waals surface area contributed by atoms with Crippen LogP contribution >= 0.6 is 0 Å². The lowest BCUT2D eigenvalue weighted by molar-refractivity contribution is -0.137. The molecule has 352 valence electrons. The van der Waals surface area contributed by atoms with Gasteiger partial charge in [0, 0.05) is 137 Å². The maximum Gasteiger partial charge on any atom is 0.277 e. The van der Waals surface area contributed by atoms with E-state index in [1.807, 2.05) is 68.1 Å². The molecule has 2 aromatic heterocycles. The van der Waals surface area contributed by atoms with Crippen molar-refractivity contribution in [2.75, 3.05) is 106 Å². The van der Waals surface area contributed by atoms with Crippen LogP contribution in [0.4, 0.5) is 0 Å². The Hall–Kier alpha value is -6.26. The molecule has 16 nitrogen and oxygen atoms in total. The van der Waals surface area contributed by atoms with Gasteiger partial charge in [0.1, 0.15) is 11.4 Å². The number of nitrogens with one attached hydrogen (secondary N) is 2. The van der Waals surface area contributed by atoms with Crippen LogP contribution in [0.3, 0.4) is 0 Å². The highest BCUT2D eigenvalue weighted by molar-refractivity contribution is 6.38. The van der Waals surface area contributed by atoms with Crippen molar-refractivity contribution in [3.05, 3.63) is 82.4 Å². The molecule has 0 bridgehead atoms. The van der Waals surface area contributed by atoms with Crippen molar-refractivity contribution in [2.24, 2.45) is 0 Å². The molecule has 67 heavy (non-hydrogen) atoms. The van der Waals surface area contributed by atoms with Gasteiger partial charge in [-0.2, -0.15) is 0 Å². The number of likely N-dealkylation sites (N-methyl/N-ethyl adjacent to an activating group) is 2. The highest BCUT2D eigenvalue weighted by Gasteiger charge is 2.44. The van der Waals surface area contributed by atoms with E-state index in [1.165, 1.54) is 9.80 Å². The fourth-order valence-electron chi connectivity index (χ4n) is 11.2. The molecule has 0 radical (unpaired) electrons. The molecule has 4 aromatic rings. The molecule has 2 N–H and O–H groups in total. The predicted octanol–water partition coefficient (Wildman–Crippen LogP) is 3.50. The van der Waals surface area contributed by atoms with Gasteiger partial charge in [0.25, 0.3) is 23.6 Å². The Labute approximate surface area is 391 Å². The number of hydrogen-bond acceptors (Lipinski definition) is 10. The maximum atomic E-state index is 14.1.